The molecule has 0 atom stereocenters. The molecule has 0 radical (unpaired) electrons. The fourth-order valence-corrected chi connectivity index (χ4v) is 3.98. The quantitative estimate of drug-likeness (QED) is 0.292. The van der Waals surface area contributed by atoms with Gasteiger partial charge < -0.3 is 0 Å². The third-order valence-electron chi connectivity index (χ3n) is 3.84. The Hall–Kier alpha value is -1.45. The van der Waals surface area contributed by atoms with Crippen LogP contribution in [0.4, 0.5) is 0 Å². The molecule has 4 rings (SSSR count). The molecule has 0 aromatic heterocycles. The van der Waals surface area contributed by atoms with Gasteiger partial charge in [0.05, 0.1) is 0 Å². The molecule has 0 saturated carbocycles. The Bertz CT molecular complexity index is 989. The number of carbonyl (C=O) groups excluding carboxylic acids is 1. The Morgan fingerprint density at radius 2 is 1.40 bits per heavy atom. The average Bonchev–Trinajstić information content (AvgIpc) is 2.48. The van der Waals surface area contributed by atoms with Gasteiger partial charge in [-0.15, -0.1) is 0 Å². The third-order valence-corrected chi connectivity index (χ3v) is 5.18. The zero-order chi connectivity index (χ0) is 13.9. The van der Waals surface area contributed by atoms with Crippen LogP contribution in [0.3, 0.4) is 0 Å². The molecule has 0 fully saturated rings. The summed E-state index contributed by atoms with van der Waals surface area (Å²) in [6.45, 7) is 0. The van der Waals surface area contributed by atoms with Gasteiger partial charge in [0.1, 0.15) is 0 Å². The van der Waals surface area contributed by atoms with E-state index in [4.69, 9.17) is 0 Å². The Morgan fingerprint density at radius 3 is 2.20 bits per heavy atom. The monoisotopic (exact) mass is 386 g/mol. The average molecular weight is 388 g/mol. The van der Waals surface area contributed by atoms with Crippen LogP contribution in [-0.4, -0.2) is 6.29 Å². The molecule has 0 saturated heterocycles. The van der Waals surface area contributed by atoms with E-state index in [1.165, 1.54) is 16.2 Å². The van der Waals surface area contributed by atoms with Crippen LogP contribution >= 0.6 is 31.9 Å². The summed E-state index contributed by atoms with van der Waals surface area (Å²) in [5.41, 5.74) is 0.721. The van der Waals surface area contributed by atoms with Crippen LogP contribution in [0.15, 0.2) is 51.4 Å². The van der Waals surface area contributed by atoms with Crippen LogP contribution in [0.5, 0.6) is 0 Å². The lowest BCUT2D eigenvalue weighted by molar-refractivity contribution is 0.112. The lowest BCUT2D eigenvalue weighted by Gasteiger charge is -2.14. The van der Waals surface area contributed by atoms with Crippen molar-refractivity contribution in [2.24, 2.45) is 0 Å². The number of halogens is 2. The van der Waals surface area contributed by atoms with Crippen LogP contribution in [0, 0.1) is 0 Å². The van der Waals surface area contributed by atoms with Gasteiger partial charge in [-0.1, -0.05) is 62.2 Å². The molecule has 1 nitrogen and oxygen atoms in total. The Balaban J connectivity index is 2.44. The summed E-state index contributed by atoms with van der Waals surface area (Å²) in [7, 11) is 0. The maximum Gasteiger partial charge on any atom is 0.150 e. The molecule has 0 heterocycles. The van der Waals surface area contributed by atoms with E-state index in [2.05, 4.69) is 62.2 Å². The smallest absolute Gasteiger partial charge is 0.150 e. The first-order valence-electron chi connectivity index (χ1n) is 6.21. The molecule has 0 N–H and O–H groups in total. The van der Waals surface area contributed by atoms with Gasteiger partial charge in [0.15, 0.2) is 6.29 Å². The first-order valence-corrected chi connectivity index (χ1v) is 7.80. The van der Waals surface area contributed by atoms with Crippen molar-refractivity contribution >= 4 is 70.5 Å². The van der Waals surface area contributed by atoms with E-state index in [-0.39, 0.29) is 0 Å². The number of hydrogen-bond acceptors (Lipinski definition) is 1. The zero-order valence-electron chi connectivity index (χ0n) is 10.3. The molecule has 4 aromatic carbocycles. The molecular formula is C17H8Br2O. The van der Waals surface area contributed by atoms with E-state index in [0.717, 1.165) is 37.0 Å². The van der Waals surface area contributed by atoms with Crippen LogP contribution in [0.1, 0.15) is 10.4 Å². The van der Waals surface area contributed by atoms with E-state index in [1.54, 1.807) is 0 Å². The summed E-state index contributed by atoms with van der Waals surface area (Å²) in [5.74, 6) is 0. The third kappa shape index (κ3) is 1.51. The van der Waals surface area contributed by atoms with Crippen molar-refractivity contribution in [3.63, 3.8) is 0 Å². The molecule has 0 amide bonds. The second kappa shape index (κ2) is 4.27. The SMILES string of the molecule is O=Cc1cc(Br)c2ccc3ccc(Br)c4ccc1c2c34. The standard InChI is InChI=1S/C17H8Br2O/c18-14-6-2-9-1-3-13-15(19)7-10(8-20)11-4-5-12(14)16(9)17(11)13/h1-8H. The van der Waals surface area contributed by atoms with Crippen LogP contribution in [-0.2, 0) is 0 Å². The number of hydrogen-bond donors (Lipinski definition) is 0. The minimum atomic E-state index is 0.721. The normalized spacial score (nSPS) is 11.7. The van der Waals surface area contributed by atoms with Crippen molar-refractivity contribution in [3.05, 3.63) is 57.0 Å². The van der Waals surface area contributed by atoms with Crippen molar-refractivity contribution in [1.29, 1.82) is 0 Å². The van der Waals surface area contributed by atoms with Crippen molar-refractivity contribution in [1.82, 2.24) is 0 Å². The zero-order valence-corrected chi connectivity index (χ0v) is 13.5. The van der Waals surface area contributed by atoms with Crippen molar-refractivity contribution in [3.8, 4) is 0 Å². The molecule has 3 heteroatoms. The van der Waals surface area contributed by atoms with E-state index >= 15 is 0 Å². The minimum Gasteiger partial charge on any atom is -0.298 e. The highest BCUT2D eigenvalue weighted by Gasteiger charge is 2.14. The Labute approximate surface area is 132 Å². The second-order valence-corrected chi connectivity index (χ2v) is 6.57. The molecule has 0 spiro atoms. The molecule has 0 aliphatic carbocycles. The van der Waals surface area contributed by atoms with Crippen LogP contribution in [0.2, 0.25) is 0 Å². The van der Waals surface area contributed by atoms with Gasteiger partial charge in [0.2, 0.25) is 0 Å². The molecule has 0 bridgehead atoms. The van der Waals surface area contributed by atoms with Crippen LogP contribution < -0.4 is 0 Å². The number of benzene rings is 4. The van der Waals surface area contributed by atoms with Gasteiger partial charge in [-0.3, -0.25) is 4.79 Å². The number of carbonyl (C=O) groups is 1. The predicted octanol–water partition coefficient (Wildman–Crippen LogP) is 5.92. The van der Waals surface area contributed by atoms with Gasteiger partial charge >= 0.3 is 0 Å². The van der Waals surface area contributed by atoms with Gasteiger partial charge in [-0.2, -0.15) is 0 Å². The molecule has 20 heavy (non-hydrogen) atoms. The fraction of sp³-hybridized carbons (Fsp3) is 0. The fourth-order valence-electron chi connectivity index (χ4n) is 2.94. The second-order valence-electron chi connectivity index (χ2n) is 4.86. The van der Waals surface area contributed by atoms with E-state index in [9.17, 15) is 4.79 Å². The maximum absolute atomic E-state index is 11.3. The van der Waals surface area contributed by atoms with E-state index < -0.39 is 0 Å². The topological polar surface area (TPSA) is 17.1 Å². The maximum atomic E-state index is 11.3. The van der Waals surface area contributed by atoms with Gasteiger partial charge in [-0.05, 0) is 44.5 Å². The highest BCUT2D eigenvalue weighted by Crippen LogP contribution is 2.40. The lowest BCUT2D eigenvalue weighted by Crippen LogP contribution is -1.90. The molecule has 0 aliphatic heterocycles. The Kier molecular flexibility index (Phi) is 2.63. The highest BCUT2D eigenvalue weighted by atomic mass is 79.9. The summed E-state index contributed by atoms with van der Waals surface area (Å²) in [4.78, 5) is 11.3. The first kappa shape index (κ1) is 12.3. The van der Waals surface area contributed by atoms with Crippen molar-refractivity contribution < 1.29 is 4.79 Å². The number of aldehydes is 1. The van der Waals surface area contributed by atoms with Gasteiger partial charge in [0.25, 0.3) is 0 Å². The number of rotatable bonds is 1. The van der Waals surface area contributed by atoms with Crippen molar-refractivity contribution in [2.75, 3.05) is 0 Å². The predicted molar refractivity (Wildman–Crippen MR) is 90.9 cm³/mol. The molecule has 4 aromatic rings. The van der Waals surface area contributed by atoms with Gasteiger partial charge in [-0.25, -0.2) is 0 Å². The van der Waals surface area contributed by atoms with E-state index in [0.29, 0.717) is 0 Å². The summed E-state index contributed by atoms with van der Waals surface area (Å²) >= 11 is 7.20. The first-order chi connectivity index (χ1) is 9.70. The summed E-state index contributed by atoms with van der Waals surface area (Å²) in [6.07, 6.45) is 0.922. The molecule has 0 aliphatic rings. The van der Waals surface area contributed by atoms with E-state index in [1.807, 2.05) is 12.1 Å². The summed E-state index contributed by atoms with van der Waals surface area (Å²) in [5, 5.41) is 6.87. The highest BCUT2D eigenvalue weighted by molar-refractivity contribution is 9.11. The summed E-state index contributed by atoms with van der Waals surface area (Å²) < 4.78 is 2.04. The molecule has 0 unspecified atom stereocenters. The molecule has 96 valence electrons. The lowest BCUT2D eigenvalue weighted by atomic mass is 9.92. The largest absolute Gasteiger partial charge is 0.298 e. The molecular weight excluding hydrogens is 380 g/mol. The Morgan fingerprint density at radius 1 is 0.750 bits per heavy atom. The van der Waals surface area contributed by atoms with Gasteiger partial charge in [0, 0.05) is 14.5 Å². The summed E-state index contributed by atoms with van der Waals surface area (Å²) in [6, 6.07) is 14.4. The minimum absolute atomic E-state index is 0.721. The van der Waals surface area contributed by atoms with Crippen molar-refractivity contribution in [2.45, 2.75) is 0 Å². The van der Waals surface area contributed by atoms with Crippen LogP contribution in [0.25, 0.3) is 32.3 Å².